The number of rotatable bonds is 5. The Morgan fingerprint density at radius 3 is 2.34 bits per heavy atom. The molecule has 35 heavy (non-hydrogen) atoms. The molecule has 4 rings (SSSR count). The van der Waals surface area contributed by atoms with Gasteiger partial charge in [-0.05, 0) is 25.0 Å². The molecule has 1 saturated heterocycles. The normalized spacial score (nSPS) is 17.1. The van der Waals surface area contributed by atoms with Crippen LogP contribution in [0.2, 0.25) is 0 Å². The zero-order chi connectivity index (χ0) is 25.6. The van der Waals surface area contributed by atoms with Crippen molar-refractivity contribution < 1.29 is 42.3 Å². The van der Waals surface area contributed by atoms with Crippen LogP contribution in [0.25, 0.3) is 11.4 Å². The Balaban J connectivity index is 0.000000509. The number of carbonyl (C=O) groups is 3. The lowest BCUT2D eigenvalue weighted by atomic mass is 9.95. The number of hydrogen-bond acceptors (Lipinski definition) is 7. The van der Waals surface area contributed by atoms with Crippen molar-refractivity contribution in [3.05, 3.63) is 35.7 Å². The number of amides is 1. The topological polar surface area (TPSA) is 146 Å². The number of likely N-dealkylation sites (tertiary alicyclic amines) is 1. The Morgan fingerprint density at radius 1 is 1.09 bits per heavy atom. The van der Waals surface area contributed by atoms with E-state index in [4.69, 9.17) is 24.3 Å². The summed E-state index contributed by atoms with van der Waals surface area (Å²) in [5.74, 6) is -3.10. The zero-order valence-electron chi connectivity index (χ0n) is 18.6. The minimum atomic E-state index is -4.42. The molecule has 0 unspecified atom stereocenters. The number of aliphatic carboxylic acids is 2. The molecule has 10 nitrogen and oxygen atoms in total. The molecule has 0 bridgehead atoms. The van der Waals surface area contributed by atoms with Gasteiger partial charge < -0.3 is 20.1 Å². The van der Waals surface area contributed by atoms with Crippen LogP contribution in [0.5, 0.6) is 0 Å². The molecular weight excluding hydrogens is 473 g/mol. The van der Waals surface area contributed by atoms with Crippen LogP contribution in [0.15, 0.2) is 28.8 Å². The van der Waals surface area contributed by atoms with Crippen LogP contribution in [0, 0.1) is 0 Å². The smallest absolute Gasteiger partial charge is 0.416 e. The molecule has 13 heteroatoms. The van der Waals surface area contributed by atoms with E-state index in [1.807, 2.05) is 4.90 Å². The van der Waals surface area contributed by atoms with E-state index in [1.165, 1.54) is 31.4 Å². The van der Waals surface area contributed by atoms with Crippen molar-refractivity contribution in [3.63, 3.8) is 0 Å². The molecule has 1 aliphatic heterocycles. The zero-order valence-corrected chi connectivity index (χ0v) is 18.6. The molecule has 1 aliphatic carbocycles. The van der Waals surface area contributed by atoms with Crippen LogP contribution in [-0.4, -0.2) is 68.8 Å². The molecule has 2 fully saturated rings. The minimum Gasteiger partial charge on any atom is -0.473 e. The summed E-state index contributed by atoms with van der Waals surface area (Å²) in [6.45, 7) is 1.56. The second-order valence-electron chi connectivity index (χ2n) is 8.44. The average Bonchev–Trinajstić information content (AvgIpc) is 3.26. The summed E-state index contributed by atoms with van der Waals surface area (Å²) in [7, 11) is 0. The molecule has 1 aromatic heterocycles. The highest BCUT2D eigenvalue weighted by molar-refractivity contribution is 6.27. The highest BCUT2D eigenvalue weighted by atomic mass is 19.4. The minimum absolute atomic E-state index is 0.00970. The molecule has 3 N–H and O–H groups in total. The number of aromatic nitrogens is 2. The molecule has 2 heterocycles. The van der Waals surface area contributed by atoms with Crippen LogP contribution >= 0.6 is 0 Å². The Bertz CT molecular complexity index is 1030. The molecule has 0 atom stereocenters. The summed E-state index contributed by atoms with van der Waals surface area (Å²) in [6, 6.07) is 5.15. The molecule has 1 aromatic carbocycles. The number of carbonyl (C=O) groups excluding carboxylic acids is 1. The molecular formula is C22H25F3N4O6. The van der Waals surface area contributed by atoms with Crippen molar-refractivity contribution in [2.45, 2.75) is 50.2 Å². The van der Waals surface area contributed by atoms with Crippen LogP contribution in [-0.2, 0) is 20.6 Å². The predicted octanol–water partition coefficient (Wildman–Crippen LogP) is 2.76. The summed E-state index contributed by atoms with van der Waals surface area (Å²) in [5, 5.41) is 21.7. The standard InChI is InChI=1S/C20H23F3N4O2.C2H2O4/c21-20(22,23)15-6-4-5-13(9-15)18-25-19(29-26-18)14-10-27(11-14)12-17(28)24-16-7-2-1-3-8-16;3-1(4)2(5)6/h4-6,9,14,16H,1-3,7-8,10-12H2,(H,24,28);(H,3,4)(H,5,6). The van der Waals surface area contributed by atoms with Crippen molar-refractivity contribution in [3.8, 4) is 11.4 Å². The van der Waals surface area contributed by atoms with E-state index in [9.17, 15) is 18.0 Å². The van der Waals surface area contributed by atoms with Gasteiger partial charge in [0.05, 0.1) is 18.0 Å². The molecule has 1 saturated carbocycles. The van der Waals surface area contributed by atoms with E-state index in [1.54, 1.807) is 0 Å². The number of benzene rings is 1. The summed E-state index contributed by atoms with van der Waals surface area (Å²) in [5.41, 5.74) is -0.488. The van der Waals surface area contributed by atoms with E-state index in [0.717, 1.165) is 25.0 Å². The fourth-order valence-electron chi connectivity index (χ4n) is 3.93. The fourth-order valence-corrected chi connectivity index (χ4v) is 3.93. The molecule has 2 aliphatic rings. The largest absolute Gasteiger partial charge is 0.473 e. The quantitative estimate of drug-likeness (QED) is 0.530. The van der Waals surface area contributed by atoms with Gasteiger partial charge in [0.2, 0.25) is 17.6 Å². The van der Waals surface area contributed by atoms with E-state index >= 15 is 0 Å². The SMILES string of the molecule is O=C(CN1CC(c2nc(-c3cccc(C(F)(F)F)c3)no2)C1)NC1CCCCC1.O=C(O)C(=O)O. The second kappa shape index (κ2) is 11.3. The molecule has 190 valence electrons. The number of hydrogen-bond donors (Lipinski definition) is 3. The predicted molar refractivity (Wildman–Crippen MR) is 114 cm³/mol. The van der Waals surface area contributed by atoms with Crippen molar-refractivity contribution in [2.24, 2.45) is 0 Å². The Kier molecular flexibility index (Phi) is 8.43. The van der Waals surface area contributed by atoms with Crippen molar-refractivity contribution in [1.29, 1.82) is 0 Å². The number of carboxylic acid groups (broad SMARTS) is 2. The maximum atomic E-state index is 12.9. The molecule has 2 aromatic rings. The lowest BCUT2D eigenvalue weighted by molar-refractivity contribution is -0.159. The van der Waals surface area contributed by atoms with Crippen LogP contribution in [0.4, 0.5) is 13.2 Å². The van der Waals surface area contributed by atoms with Crippen molar-refractivity contribution in [1.82, 2.24) is 20.4 Å². The van der Waals surface area contributed by atoms with Gasteiger partial charge in [-0.15, -0.1) is 0 Å². The number of halogens is 3. The number of nitrogens with one attached hydrogen (secondary N) is 1. The van der Waals surface area contributed by atoms with E-state index < -0.39 is 23.7 Å². The number of carboxylic acids is 2. The fraction of sp³-hybridized carbons (Fsp3) is 0.500. The molecule has 1 amide bonds. The van der Waals surface area contributed by atoms with Crippen LogP contribution in [0.3, 0.4) is 0 Å². The van der Waals surface area contributed by atoms with Gasteiger partial charge in [-0.2, -0.15) is 18.2 Å². The lowest BCUT2D eigenvalue weighted by Crippen LogP contribution is -2.51. The van der Waals surface area contributed by atoms with Gasteiger partial charge in [-0.3, -0.25) is 9.69 Å². The van der Waals surface area contributed by atoms with Gasteiger partial charge >= 0.3 is 18.1 Å². The van der Waals surface area contributed by atoms with Gasteiger partial charge in [0.25, 0.3) is 0 Å². The van der Waals surface area contributed by atoms with E-state index in [-0.39, 0.29) is 23.2 Å². The Labute approximate surface area is 198 Å². The van der Waals surface area contributed by atoms with Gasteiger partial charge in [0.15, 0.2) is 0 Å². The van der Waals surface area contributed by atoms with Crippen LogP contribution < -0.4 is 5.32 Å². The third-order valence-corrected chi connectivity index (χ3v) is 5.72. The van der Waals surface area contributed by atoms with Crippen molar-refractivity contribution >= 4 is 17.8 Å². The van der Waals surface area contributed by atoms with Gasteiger partial charge in [0.1, 0.15) is 0 Å². The summed E-state index contributed by atoms with van der Waals surface area (Å²) < 4.78 is 43.9. The highest BCUT2D eigenvalue weighted by Gasteiger charge is 2.34. The van der Waals surface area contributed by atoms with Gasteiger partial charge in [0, 0.05) is 24.7 Å². The maximum absolute atomic E-state index is 12.9. The van der Waals surface area contributed by atoms with E-state index in [2.05, 4.69) is 15.5 Å². The molecule has 0 radical (unpaired) electrons. The molecule has 0 spiro atoms. The third kappa shape index (κ3) is 7.50. The first-order chi connectivity index (χ1) is 16.5. The summed E-state index contributed by atoms with van der Waals surface area (Å²) >= 11 is 0. The Morgan fingerprint density at radius 2 is 1.74 bits per heavy atom. The van der Waals surface area contributed by atoms with Crippen LogP contribution in [0.1, 0.15) is 49.5 Å². The Hall–Kier alpha value is -3.48. The summed E-state index contributed by atoms with van der Waals surface area (Å²) in [4.78, 5) is 36.6. The monoisotopic (exact) mass is 498 g/mol. The first-order valence-corrected chi connectivity index (χ1v) is 11.0. The lowest BCUT2D eigenvalue weighted by Gasteiger charge is -2.36. The van der Waals surface area contributed by atoms with Gasteiger partial charge in [-0.1, -0.05) is 36.6 Å². The highest BCUT2D eigenvalue weighted by Crippen LogP contribution is 2.32. The number of alkyl halides is 3. The van der Waals surface area contributed by atoms with Crippen molar-refractivity contribution in [2.75, 3.05) is 19.6 Å². The average molecular weight is 498 g/mol. The number of nitrogens with zero attached hydrogens (tertiary/aromatic N) is 3. The second-order valence-corrected chi connectivity index (χ2v) is 8.44. The first kappa shape index (κ1) is 26.1. The maximum Gasteiger partial charge on any atom is 0.416 e. The van der Waals surface area contributed by atoms with E-state index in [0.29, 0.717) is 31.6 Å². The first-order valence-electron chi connectivity index (χ1n) is 11.0. The van der Waals surface area contributed by atoms with Gasteiger partial charge in [-0.25, -0.2) is 9.59 Å². The summed E-state index contributed by atoms with van der Waals surface area (Å²) in [6.07, 6.45) is 1.26. The third-order valence-electron chi connectivity index (χ3n) is 5.72.